The van der Waals surface area contributed by atoms with Gasteiger partial charge in [0, 0.05) is 43.8 Å². The van der Waals surface area contributed by atoms with Gasteiger partial charge in [-0.2, -0.15) is 4.31 Å². The van der Waals surface area contributed by atoms with Crippen molar-refractivity contribution in [2.24, 2.45) is 23.7 Å². The number of sulfonamides is 1. The summed E-state index contributed by atoms with van der Waals surface area (Å²) in [6.07, 6.45) is 5.14. The Bertz CT molecular complexity index is 1070. The molecule has 34 heavy (non-hydrogen) atoms. The predicted octanol–water partition coefficient (Wildman–Crippen LogP) is 3.28. The maximum atomic E-state index is 13.6. The summed E-state index contributed by atoms with van der Waals surface area (Å²) >= 11 is 0. The molecule has 3 fully saturated rings. The van der Waals surface area contributed by atoms with Gasteiger partial charge in [0.15, 0.2) is 0 Å². The Morgan fingerprint density at radius 1 is 0.912 bits per heavy atom. The molecular formula is C26H37N3O4S. The molecule has 2 saturated heterocycles. The molecule has 3 heterocycles. The van der Waals surface area contributed by atoms with Gasteiger partial charge < -0.3 is 9.80 Å². The number of hydrogen-bond acceptors (Lipinski definition) is 4. The van der Waals surface area contributed by atoms with Crippen LogP contribution < -0.4 is 4.90 Å². The molecular weight excluding hydrogens is 450 g/mol. The van der Waals surface area contributed by atoms with Crippen molar-refractivity contribution in [3.63, 3.8) is 0 Å². The molecule has 5 rings (SSSR count). The largest absolute Gasteiger partial charge is 0.342 e. The van der Waals surface area contributed by atoms with E-state index in [1.54, 1.807) is 18.2 Å². The maximum Gasteiger partial charge on any atom is 0.243 e. The topological polar surface area (TPSA) is 78.0 Å². The summed E-state index contributed by atoms with van der Waals surface area (Å²) < 4.78 is 28.6. The average molecular weight is 488 g/mol. The van der Waals surface area contributed by atoms with Crippen LogP contribution >= 0.6 is 0 Å². The van der Waals surface area contributed by atoms with Crippen LogP contribution in [0.3, 0.4) is 0 Å². The second-order valence-electron chi connectivity index (χ2n) is 11.2. The monoisotopic (exact) mass is 487 g/mol. The number of piperidine rings is 2. The van der Waals surface area contributed by atoms with Gasteiger partial charge in [0.2, 0.25) is 21.8 Å². The van der Waals surface area contributed by atoms with E-state index in [1.165, 1.54) is 4.31 Å². The third kappa shape index (κ3) is 4.39. The molecule has 3 aliphatic heterocycles. The van der Waals surface area contributed by atoms with Gasteiger partial charge >= 0.3 is 0 Å². The van der Waals surface area contributed by atoms with Crippen molar-refractivity contribution in [1.29, 1.82) is 0 Å². The van der Waals surface area contributed by atoms with E-state index in [0.29, 0.717) is 31.2 Å². The van der Waals surface area contributed by atoms with Crippen molar-refractivity contribution in [3.8, 4) is 0 Å². The maximum absolute atomic E-state index is 13.6. The number of benzene rings is 1. The Balaban J connectivity index is 1.32. The smallest absolute Gasteiger partial charge is 0.243 e. The van der Waals surface area contributed by atoms with Crippen molar-refractivity contribution in [2.45, 2.75) is 70.2 Å². The number of anilines is 1. The lowest BCUT2D eigenvalue weighted by Crippen LogP contribution is -2.50. The van der Waals surface area contributed by atoms with E-state index in [4.69, 9.17) is 0 Å². The number of nitrogens with zero attached hydrogens (tertiary/aromatic N) is 3. The molecule has 0 bridgehead atoms. The zero-order valence-corrected chi connectivity index (χ0v) is 21.4. The molecule has 4 aliphatic rings. The highest BCUT2D eigenvalue weighted by molar-refractivity contribution is 7.89. The second-order valence-corrected chi connectivity index (χ2v) is 13.2. The average Bonchev–Trinajstić information content (AvgIpc) is 3.59. The van der Waals surface area contributed by atoms with Gasteiger partial charge in [0.25, 0.3) is 0 Å². The van der Waals surface area contributed by atoms with Crippen LogP contribution in [0.5, 0.6) is 0 Å². The first-order valence-electron chi connectivity index (χ1n) is 12.9. The first-order valence-corrected chi connectivity index (χ1v) is 14.3. The summed E-state index contributed by atoms with van der Waals surface area (Å²) in [5.41, 5.74) is 1.77. The quantitative estimate of drug-likeness (QED) is 0.653. The van der Waals surface area contributed by atoms with E-state index in [1.807, 2.05) is 16.7 Å². The number of amides is 2. The Kier molecular flexibility index (Phi) is 6.25. The number of carbonyl (C=O) groups is 2. The number of carbonyl (C=O) groups excluding carboxylic acids is 2. The predicted molar refractivity (Wildman–Crippen MR) is 131 cm³/mol. The molecule has 8 heteroatoms. The van der Waals surface area contributed by atoms with Gasteiger partial charge in [0.1, 0.15) is 0 Å². The zero-order chi connectivity index (χ0) is 24.2. The highest BCUT2D eigenvalue weighted by atomic mass is 32.2. The summed E-state index contributed by atoms with van der Waals surface area (Å²) in [6, 6.07) is 5.24. The summed E-state index contributed by atoms with van der Waals surface area (Å²) in [5, 5.41) is 0. The summed E-state index contributed by atoms with van der Waals surface area (Å²) in [6.45, 7) is 8.62. The Morgan fingerprint density at radius 3 is 2.29 bits per heavy atom. The van der Waals surface area contributed by atoms with Gasteiger partial charge in [-0.15, -0.1) is 0 Å². The molecule has 4 atom stereocenters. The van der Waals surface area contributed by atoms with Crippen LogP contribution in [0.2, 0.25) is 0 Å². The third-order valence-corrected chi connectivity index (χ3v) is 9.84. The minimum absolute atomic E-state index is 0.0485. The molecule has 186 valence electrons. The van der Waals surface area contributed by atoms with Crippen molar-refractivity contribution >= 4 is 27.5 Å². The summed E-state index contributed by atoms with van der Waals surface area (Å²) in [4.78, 5) is 30.1. The Hall–Kier alpha value is -1.93. The molecule has 0 aromatic heterocycles. The second kappa shape index (κ2) is 8.94. The normalized spacial score (nSPS) is 30.3. The molecule has 1 saturated carbocycles. The van der Waals surface area contributed by atoms with Gasteiger partial charge in [0.05, 0.1) is 10.8 Å². The van der Waals surface area contributed by atoms with Gasteiger partial charge in [-0.25, -0.2) is 8.42 Å². The lowest BCUT2D eigenvalue weighted by Gasteiger charge is -2.39. The third-order valence-electron chi connectivity index (χ3n) is 7.98. The van der Waals surface area contributed by atoms with Gasteiger partial charge in [-0.3, -0.25) is 9.59 Å². The minimum atomic E-state index is -3.70. The molecule has 2 amide bonds. The first kappa shape index (κ1) is 23.8. The van der Waals surface area contributed by atoms with Crippen molar-refractivity contribution in [3.05, 3.63) is 23.8 Å². The van der Waals surface area contributed by atoms with Crippen LogP contribution in [0.1, 0.15) is 58.4 Å². The fourth-order valence-corrected chi connectivity index (χ4v) is 7.82. The molecule has 0 N–H and O–H groups in total. The van der Waals surface area contributed by atoms with Crippen molar-refractivity contribution in [1.82, 2.24) is 9.21 Å². The minimum Gasteiger partial charge on any atom is -0.342 e. The molecule has 1 aromatic rings. The van der Waals surface area contributed by atoms with Gasteiger partial charge in [-0.05, 0) is 81.0 Å². The van der Waals surface area contributed by atoms with Crippen LogP contribution in [0.15, 0.2) is 23.1 Å². The highest BCUT2D eigenvalue weighted by Gasteiger charge is 2.41. The molecule has 0 spiro atoms. The van der Waals surface area contributed by atoms with Crippen LogP contribution in [0, 0.1) is 23.7 Å². The Labute approximate surface area is 203 Å². The van der Waals surface area contributed by atoms with Crippen LogP contribution in [-0.2, 0) is 26.0 Å². The summed E-state index contributed by atoms with van der Waals surface area (Å²) in [5.74, 6) is 1.09. The van der Waals surface area contributed by atoms with E-state index in [9.17, 15) is 18.0 Å². The van der Waals surface area contributed by atoms with E-state index in [-0.39, 0.29) is 41.1 Å². The van der Waals surface area contributed by atoms with E-state index < -0.39 is 10.0 Å². The SMILES string of the molecule is C[C@@H]1C[C@H](C)CN(C(=O)[C@H]2CCCN(S(=O)(=O)c3ccc4c(c3)C[C@@H](C)N4C(=O)C3CC3)C2)C1. The molecule has 0 unspecified atom stereocenters. The number of hydrogen-bond donors (Lipinski definition) is 0. The molecule has 0 radical (unpaired) electrons. The fraction of sp³-hybridized carbons (Fsp3) is 0.692. The van der Waals surface area contributed by atoms with E-state index >= 15 is 0 Å². The van der Waals surface area contributed by atoms with Crippen LogP contribution in [0.25, 0.3) is 0 Å². The fourth-order valence-electron chi connectivity index (χ4n) is 6.24. The molecule has 1 aromatic carbocycles. The summed E-state index contributed by atoms with van der Waals surface area (Å²) in [7, 11) is -3.70. The van der Waals surface area contributed by atoms with E-state index in [2.05, 4.69) is 13.8 Å². The van der Waals surface area contributed by atoms with Crippen LogP contribution in [-0.4, -0.2) is 61.7 Å². The lowest BCUT2D eigenvalue weighted by atomic mass is 9.90. The first-order chi connectivity index (χ1) is 16.1. The van der Waals surface area contributed by atoms with Crippen molar-refractivity contribution < 1.29 is 18.0 Å². The highest BCUT2D eigenvalue weighted by Crippen LogP contribution is 2.40. The van der Waals surface area contributed by atoms with Crippen molar-refractivity contribution in [2.75, 3.05) is 31.1 Å². The number of likely N-dealkylation sites (tertiary alicyclic amines) is 1. The van der Waals surface area contributed by atoms with E-state index in [0.717, 1.165) is 50.0 Å². The molecule has 1 aliphatic carbocycles. The lowest BCUT2D eigenvalue weighted by molar-refractivity contribution is -0.139. The standard InChI is InChI=1S/C26H37N3O4S/c1-17-11-18(2)15-27(14-17)25(30)21-5-4-10-28(16-21)34(32,33)23-8-9-24-22(13-23)12-19(3)29(24)26(31)20-6-7-20/h8-9,13,17-21H,4-7,10-12,14-16H2,1-3H3/t17-,18+,19-,21+/m1/s1. The van der Waals surface area contributed by atoms with Gasteiger partial charge in [-0.1, -0.05) is 13.8 Å². The Morgan fingerprint density at radius 2 is 1.62 bits per heavy atom. The van der Waals surface area contributed by atoms with Crippen LogP contribution in [0.4, 0.5) is 5.69 Å². The number of rotatable bonds is 4. The number of fused-ring (bicyclic) bond motifs is 1. The zero-order valence-electron chi connectivity index (χ0n) is 20.6. The molecule has 7 nitrogen and oxygen atoms in total.